The van der Waals surface area contributed by atoms with E-state index in [1.807, 2.05) is 0 Å². The smallest absolute Gasteiger partial charge is 0.119 e. The van der Waals surface area contributed by atoms with Gasteiger partial charge in [0.1, 0.15) is 11.5 Å². The Balaban J connectivity index is 2.89. The zero-order valence-corrected chi connectivity index (χ0v) is 18.6. The van der Waals surface area contributed by atoms with Gasteiger partial charge in [0.15, 0.2) is 0 Å². The van der Waals surface area contributed by atoms with Crippen LogP contribution in [0.2, 0.25) is 0 Å². The summed E-state index contributed by atoms with van der Waals surface area (Å²) < 4.78 is 0. The summed E-state index contributed by atoms with van der Waals surface area (Å²) in [7, 11) is 0. The number of rotatable bonds is 10. The second-order valence-corrected chi connectivity index (χ2v) is 8.21. The fourth-order valence-electron chi connectivity index (χ4n) is 3.06. The first-order chi connectivity index (χ1) is 13.2. The summed E-state index contributed by atoms with van der Waals surface area (Å²) in [5.41, 5.74) is 6.95. The SMILES string of the molecule is CC(C)=CCC/C(C)=C/Cc1c(O)ccc(O)c1C/C=C(\C)CCC=C(C)C. The van der Waals surface area contributed by atoms with E-state index < -0.39 is 0 Å². The highest BCUT2D eigenvalue weighted by Gasteiger charge is 2.11. The maximum atomic E-state index is 10.4. The highest BCUT2D eigenvalue weighted by Crippen LogP contribution is 2.31. The molecule has 0 amide bonds. The lowest BCUT2D eigenvalue weighted by Crippen LogP contribution is -1.95. The van der Waals surface area contributed by atoms with Gasteiger partial charge in [-0.15, -0.1) is 0 Å². The Kier molecular flexibility index (Phi) is 10.4. The average Bonchev–Trinajstić information content (AvgIpc) is 2.60. The van der Waals surface area contributed by atoms with Crippen LogP contribution in [0.5, 0.6) is 11.5 Å². The first-order valence-corrected chi connectivity index (χ1v) is 10.3. The number of allylic oxidation sites excluding steroid dienone is 8. The number of hydrogen-bond acceptors (Lipinski definition) is 2. The molecule has 0 aliphatic carbocycles. The van der Waals surface area contributed by atoms with Crippen LogP contribution in [-0.4, -0.2) is 10.2 Å². The van der Waals surface area contributed by atoms with Crippen LogP contribution in [0, 0.1) is 0 Å². The van der Waals surface area contributed by atoms with Gasteiger partial charge in [-0.05, 0) is 92.2 Å². The normalized spacial score (nSPS) is 12.1. The van der Waals surface area contributed by atoms with Gasteiger partial charge in [-0.1, -0.05) is 46.6 Å². The zero-order valence-electron chi connectivity index (χ0n) is 18.6. The Morgan fingerprint density at radius 1 is 0.643 bits per heavy atom. The monoisotopic (exact) mass is 382 g/mol. The van der Waals surface area contributed by atoms with Crippen molar-refractivity contribution in [1.29, 1.82) is 0 Å². The van der Waals surface area contributed by atoms with E-state index in [4.69, 9.17) is 0 Å². The Hall–Kier alpha value is -2.22. The molecule has 1 aromatic rings. The van der Waals surface area contributed by atoms with Crippen molar-refractivity contribution in [2.24, 2.45) is 0 Å². The molecule has 0 unspecified atom stereocenters. The van der Waals surface area contributed by atoms with Crippen LogP contribution in [0.25, 0.3) is 0 Å². The molecule has 0 saturated heterocycles. The molecule has 2 N–H and O–H groups in total. The lowest BCUT2D eigenvalue weighted by Gasteiger charge is -2.12. The molecule has 0 spiro atoms. The van der Waals surface area contributed by atoms with Gasteiger partial charge in [-0.25, -0.2) is 0 Å². The lowest BCUT2D eigenvalue weighted by atomic mass is 9.96. The van der Waals surface area contributed by atoms with Crippen LogP contribution >= 0.6 is 0 Å². The molecule has 2 nitrogen and oxygen atoms in total. The summed E-state index contributed by atoms with van der Waals surface area (Å²) in [5, 5.41) is 20.7. The fraction of sp³-hybridized carbons (Fsp3) is 0.462. The number of phenols is 2. The number of hydrogen-bond donors (Lipinski definition) is 2. The van der Waals surface area contributed by atoms with Crippen molar-refractivity contribution in [2.45, 2.75) is 80.1 Å². The second-order valence-electron chi connectivity index (χ2n) is 8.21. The van der Waals surface area contributed by atoms with E-state index in [9.17, 15) is 10.2 Å². The molecule has 1 rings (SSSR count). The van der Waals surface area contributed by atoms with Crippen LogP contribution < -0.4 is 0 Å². The van der Waals surface area contributed by atoms with E-state index in [0.717, 1.165) is 36.8 Å². The van der Waals surface area contributed by atoms with Crippen LogP contribution in [0.1, 0.15) is 78.4 Å². The van der Waals surface area contributed by atoms with Crippen molar-refractivity contribution in [3.05, 3.63) is 69.9 Å². The van der Waals surface area contributed by atoms with Gasteiger partial charge in [0.2, 0.25) is 0 Å². The summed E-state index contributed by atoms with van der Waals surface area (Å²) in [6, 6.07) is 3.18. The predicted octanol–water partition coefficient (Wildman–Crippen LogP) is 7.57. The third-order valence-corrected chi connectivity index (χ3v) is 4.87. The molecule has 0 atom stereocenters. The van der Waals surface area contributed by atoms with Crippen molar-refractivity contribution in [1.82, 2.24) is 0 Å². The molecule has 0 aromatic heterocycles. The van der Waals surface area contributed by atoms with Crippen molar-refractivity contribution in [3.8, 4) is 11.5 Å². The van der Waals surface area contributed by atoms with Gasteiger partial charge in [0, 0.05) is 11.1 Å². The van der Waals surface area contributed by atoms with Gasteiger partial charge in [0.05, 0.1) is 0 Å². The fourth-order valence-corrected chi connectivity index (χ4v) is 3.06. The molecular weight excluding hydrogens is 344 g/mol. The molecule has 28 heavy (non-hydrogen) atoms. The molecule has 0 aliphatic heterocycles. The highest BCUT2D eigenvalue weighted by atomic mass is 16.3. The summed E-state index contributed by atoms with van der Waals surface area (Å²) in [6.07, 6.45) is 14.2. The predicted molar refractivity (Wildman–Crippen MR) is 122 cm³/mol. The minimum absolute atomic E-state index is 0.261. The number of benzene rings is 1. The molecule has 154 valence electrons. The standard InChI is InChI=1S/C26H38O2/c1-19(2)9-7-11-21(5)13-15-23-24(26(28)18-17-25(23)27)16-14-22(6)12-8-10-20(3)4/h9-10,13-14,17-18,27-28H,7-8,11-12,15-16H2,1-6H3/b21-13+,22-14+. The van der Waals surface area contributed by atoms with E-state index >= 15 is 0 Å². The van der Waals surface area contributed by atoms with Gasteiger partial charge in [0.25, 0.3) is 0 Å². The van der Waals surface area contributed by atoms with Crippen LogP contribution in [-0.2, 0) is 12.8 Å². The topological polar surface area (TPSA) is 40.5 Å². The molecule has 0 bridgehead atoms. The summed E-state index contributed by atoms with van der Waals surface area (Å²) in [4.78, 5) is 0. The third-order valence-electron chi connectivity index (χ3n) is 4.87. The van der Waals surface area contributed by atoms with E-state index in [2.05, 4.69) is 65.8 Å². The van der Waals surface area contributed by atoms with Gasteiger partial charge in [-0.3, -0.25) is 0 Å². The van der Waals surface area contributed by atoms with E-state index in [0.29, 0.717) is 12.8 Å². The Morgan fingerprint density at radius 3 is 1.32 bits per heavy atom. The lowest BCUT2D eigenvalue weighted by molar-refractivity contribution is 0.450. The van der Waals surface area contributed by atoms with Gasteiger partial charge in [-0.2, -0.15) is 0 Å². The van der Waals surface area contributed by atoms with E-state index in [1.165, 1.54) is 22.3 Å². The Labute approximate surface area is 172 Å². The number of phenolic OH excluding ortho intramolecular Hbond substituents is 2. The van der Waals surface area contributed by atoms with Gasteiger partial charge >= 0.3 is 0 Å². The van der Waals surface area contributed by atoms with E-state index in [1.54, 1.807) is 12.1 Å². The molecule has 0 fully saturated rings. The third kappa shape index (κ3) is 9.12. The summed E-state index contributed by atoms with van der Waals surface area (Å²) >= 11 is 0. The first kappa shape index (κ1) is 23.8. The Morgan fingerprint density at radius 2 is 1.00 bits per heavy atom. The minimum Gasteiger partial charge on any atom is -0.508 e. The first-order valence-electron chi connectivity index (χ1n) is 10.3. The van der Waals surface area contributed by atoms with Gasteiger partial charge < -0.3 is 10.2 Å². The molecule has 1 aromatic carbocycles. The van der Waals surface area contributed by atoms with Crippen molar-refractivity contribution >= 4 is 0 Å². The molecule has 0 radical (unpaired) electrons. The molecule has 0 saturated carbocycles. The largest absolute Gasteiger partial charge is 0.508 e. The van der Waals surface area contributed by atoms with Crippen molar-refractivity contribution in [3.63, 3.8) is 0 Å². The van der Waals surface area contributed by atoms with Crippen molar-refractivity contribution < 1.29 is 10.2 Å². The average molecular weight is 383 g/mol. The maximum Gasteiger partial charge on any atom is 0.119 e. The summed E-state index contributed by atoms with van der Waals surface area (Å²) in [5.74, 6) is 0.522. The highest BCUT2D eigenvalue weighted by molar-refractivity contribution is 5.49. The molecule has 2 heteroatoms. The quantitative estimate of drug-likeness (QED) is 0.323. The van der Waals surface area contributed by atoms with E-state index in [-0.39, 0.29) is 11.5 Å². The molecule has 0 heterocycles. The second kappa shape index (κ2) is 12.3. The Bertz CT molecular complexity index is 688. The van der Waals surface area contributed by atoms with Crippen LogP contribution in [0.4, 0.5) is 0 Å². The van der Waals surface area contributed by atoms with Crippen LogP contribution in [0.3, 0.4) is 0 Å². The summed E-state index contributed by atoms with van der Waals surface area (Å²) in [6.45, 7) is 12.7. The maximum absolute atomic E-state index is 10.4. The molecular formula is C26H38O2. The minimum atomic E-state index is 0.261. The molecule has 0 aliphatic rings. The zero-order chi connectivity index (χ0) is 21.1. The van der Waals surface area contributed by atoms with Crippen LogP contribution in [0.15, 0.2) is 58.7 Å². The van der Waals surface area contributed by atoms with Crippen molar-refractivity contribution in [2.75, 3.05) is 0 Å². The number of aromatic hydroxyl groups is 2.